The molecule has 0 fully saturated rings. The first kappa shape index (κ1) is 24.3. The molecule has 12 heteroatoms. The van der Waals surface area contributed by atoms with E-state index in [1.165, 1.54) is 7.11 Å². The van der Waals surface area contributed by atoms with Crippen LogP contribution >= 0.6 is 0 Å². The van der Waals surface area contributed by atoms with E-state index < -0.39 is 21.8 Å². The Hall–Kier alpha value is -3.38. The number of nitrogens with zero attached hydrogens (tertiary/aromatic N) is 2. The van der Waals surface area contributed by atoms with Crippen LogP contribution in [0.3, 0.4) is 0 Å². The molecule has 0 atom stereocenters. The van der Waals surface area contributed by atoms with Crippen LogP contribution in [0.25, 0.3) is 0 Å². The molecule has 2 aromatic carbocycles. The van der Waals surface area contributed by atoms with Crippen molar-refractivity contribution in [2.45, 2.75) is 17.5 Å². The Morgan fingerprint density at radius 1 is 1.06 bits per heavy atom. The fourth-order valence-electron chi connectivity index (χ4n) is 2.96. The number of aliphatic hydroxyl groups excluding tert-OH is 1. The third kappa shape index (κ3) is 5.90. The predicted octanol–water partition coefficient (Wildman–Crippen LogP) is 3.27. The average molecular weight is 483 g/mol. The van der Waals surface area contributed by atoms with Crippen LogP contribution in [0.4, 0.5) is 19.0 Å². The van der Waals surface area contributed by atoms with Gasteiger partial charge in [0.15, 0.2) is 5.82 Å². The number of nitrogens with one attached hydrogen (secondary N) is 1. The summed E-state index contributed by atoms with van der Waals surface area (Å²) in [6.45, 7) is -0.397. The van der Waals surface area contributed by atoms with Crippen molar-refractivity contribution in [3.8, 4) is 11.6 Å². The molecule has 0 aliphatic heterocycles. The number of alkyl halides is 3. The first-order valence-corrected chi connectivity index (χ1v) is 11.0. The molecular formula is C21H20F3N3O5S. The molecule has 3 aromatic rings. The van der Waals surface area contributed by atoms with Crippen LogP contribution in [0.15, 0.2) is 59.8 Å². The van der Waals surface area contributed by atoms with Gasteiger partial charge in [-0.25, -0.2) is 18.4 Å². The summed E-state index contributed by atoms with van der Waals surface area (Å²) in [7, 11) is -2.80. The third-order valence-electron chi connectivity index (χ3n) is 4.52. The van der Waals surface area contributed by atoms with Gasteiger partial charge in [0.2, 0.25) is 5.88 Å². The second kappa shape index (κ2) is 10.0. The summed E-state index contributed by atoms with van der Waals surface area (Å²) in [5.41, 5.74) is -0.0374. The number of aliphatic hydroxyl groups is 1. The van der Waals surface area contributed by atoms with E-state index in [1.807, 2.05) is 0 Å². The Kier molecular flexibility index (Phi) is 7.39. The van der Waals surface area contributed by atoms with E-state index in [0.717, 1.165) is 18.5 Å². The fraction of sp³-hybridized carbons (Fsp3) is 0.238. The molecule has 0 saturated heterocycles. The minimum absolute atomic E-state index is 0.0371. The van der Waals surface area contributed by atoms with Crippen molar-refractivity contribution in [1.29, 1.82) is 0 Å². The van der Waals surface area contributed by atoms with Crippen LogP contribution in [0, 0.1) is 0 Å². The molecule has 0 saturated carbocycles. The SMILES string of the molecule is COc1ccccc1Cc1c(NS(=O)(=O)c2ccc(C(F)(F)F)cc2)ncnc1OCCO. The number of para-hydroxylation sites is 1. The molecule has 8 nitrogen and oxygen atoms in total. The number of benzene rings is 2. The molecule has 0 amide bonds. The maximum absolute atomic E-state index is 12.9. The zero-order valence-corrected chi connectivity index (χ0v) is 18.2. The van der Waals surface area contributed by atoms with E-state index in [2.05, 4.69) is 14.7 Å². The first-order valence-electron chi connectivity index (χ1n) is 9.55. The van der Waals surface area contributed by atoms with Crippen LogP contribution in [0.1, 0.15) is 16.7 Å². The highest BCUT2D eigenvalue weighted by Crippen LogP contribution is 2.32. The van der Waals surface area contributed by atoms with Crippen molar-refractivity contribution < 1.29 is 36.2 Å². The minimum atomic E-state index is -4.59. The standard InChI is InChI=1S/C21H20F3N3O5S/c1-31-18-5-3-2-4-14(18)12-17-19(25-13-26-20(17)32-11-10-28)27-33(29,30)16-8-6-15(7-9-16)21(22,23)24/h2-9,13,28H,10-12H2,1H3,(H,25,26,27). The van der Waals surface area contributed by atoms with Crippen molar-refractivity contribution in [2.75, 3.05) is 25.0 Å². The van der Waals surface area contributed by atoms with Crippen molar-refractivity contribution in [3.63, 3.8) is 0 Å². The third-order valence-corrected chi connectivity index (χ3v) is 5.87. The van der Waals surface area contributed by atoms with Crippen LogP contribution in [-0.4, -0.2) is 43.8 Å². The Morgan fingerprint density at radius 2 is 1.76 bits per heavy atom. The molecule has 33 heavy (non-hydrogen) atoms. The summed E-state index contributed by atoms with van der Waals surface area (Å²) < 4.78 is 77.2. The molecule has 0 aliphatic rings. The molecule has 3 rings (SSSR count). The summed E-state index contributed by atoms with van der Waals surface area (Å²) in [5.74, 6) is 0.449. The fourth-order valence-corrected chi connectivity index (χ4v) is 4.00. The van der Waals surface area contributed by atoms with E-state index in [0.29, 0.717) is 23.4 Å². The lowest BCUT2D eigenvalue weighted by Gasteiger charge is -2.16. The zero-order valence-electron chi connectivity index (χ0n) is 17.3. The van der Waals surface area contributed by atoms with Crippen LogP contribution in [0.5, 0.6) is 11.6 Å². The summed E-state index contributed by atoms with van der Waals surface area (Å²) in [6, 6.07) is 10.1. The highest BCUT2D eigenvalue weighted by Gasteiger charge is 2.31. The Balaban J connectivity index is 1.99. The number of sulfonamides is 1. The van der Waals surface area contributed by atoms with E-state index >= 15 is 0 Å². The predicted molar refractivity (Wildman–Crippen MR) is 113 cm³/mol. The van der Waals surface area contributed by atoms with Crippen molar-refractivity contribution in [3.05, 3.63) is 71.5 Å². The number of rotatable bonds is 9. The van der Waals surface area contributed by atoms with E-state index in [4.69, 9.17) is 14.6 Å². The van der Waals surface area contributed by atoms with Gasteiger partial charge in [-0.1, -0.05) is 18.2 Å². The van der Waals surface area contributed by atoms with Gasteiger partial charge in [0, 0.05) is 6.42 Å². The lowest BCUT2D eigenvalue weighted by atomic mass is 10.1. The number of hydrogen-bond acceptors (Lipinski definition) is 7. The topological polar surface area (TPSA) is 111 Å². The second-order valence-electron chi connectivity index (χ2n) is 6.69. The number of ether oxygens (including phenoxy) is 2. The minimum Gasteiger partial charge on any atom is -0.496 e. The van der Waals surface area contributed by atoms with Crippen LogP contribution < -0.4 is 14.2 Å². The Labute approximate surface area is 188 Å². The molecule has 0 radical (unpaired) electrons. The molecule has 0 bridgehead atoms. The maximum Gasteiger partial charge on any atom is 0.416 e. The Bertz CT molecular complexity index is 1200. The van der Waals surface area contributed by atoms with E-state index in [-0.39, 0.29) is 41.8 Å². The smallest absolute Gasteiger partial charge is 0.416 e. The van der Waals surface area contributed by atoms with Crippen molar-refractivity contribution in [2.24, 2.45) is 0 Å². The Morgan fingerprint density at radius 3 is 2.39 bits per heavy atom. The normalized spacial score (nSPS) is 11.8. The second-order valence-corrected chi connectivity index (χ2v) is 8.38. The van der Waals surface area contributed by atoms with Gasteiger partial charge in [0.1, 0.15) is 18.7 Å². The van der Waals surface area contributed by atoms with Crippen molar-refractivity contribution >= 4 is 15.8 Å². The van der Waals surface area contributed by atoms with Gasteiger partial charge >= 0.3 is 6.18 Å². The summed E-state index contributed by atoms with van der Waals surface area (Å²) in [6.07, 6.45) is -3.41. The molecule has 0 unspecified atom stereocenters. The van der Waals surface area contributed by atoms with Crippen LogP contribution in [-0.2, 0) is 22.6 Å². The van der Waals surface area contributed by atoms with Gasteiger partial charge in [-0.15, -0.1) is 0 Å². The van der Waals surface area contributed by atoms with Crippen molar-refractivity contribution in [1.82, 2.24) is 9.97 Å². The molecule has 2 N–H and O–H groups in total. The van der Waals surface area contributed by atoms with Gasteiger partial charge < -0.3 is 14.6 Å². The number of aromatic nitrogens is 2. The number of methoxy groups -OCH3 is 1. The van der Waals surface area contributed by atoms with E-state index in [1.54, 1.807) is 24.3 Å². The molecule has 0 spiro atoms. The highest BCUT2D eigenvalue weighted by atomic mass is 32.2. The molecular weight excluding hydrogens is 463 g/mol. The monoisotopic (exact) mass is 483 g/mol. The summed E-state index contributed by atoms with van der Waals surface area (Å²) >= 11 is 0. The van der Waals surface area contributed by atoms with Gasteiger partial charge in [0.05, 0.1) is 29.7 Å². The summed E-state index contributed by atoms with van der Waals surface area (Å²) in [5, 5.41) is 9.09. The number of anilines is 1. The highest BCUT2D eigenvalue weighted by molar-refractivity contribution is 7.92. The zero-order chi connectivity index (χ0) is 24.1. The van der Waals surface area contributed by atoms with Crippen LogP contribution in [0.2, 0.25) is 0 Å². The number of hydrogen-bond donors (Lipinski definition) is 2. The lowest BCUT2D eigenvalue weighted by molar-refractivity contribution is -0.137. The van der Waals surface area contributed by atoms with Gasteiger partial charge in [-0.3, -0.25) is 4.72 Å². The molecule has 0 aliphatic carbocycles. The number of halogens is 3. The summed E-state index contributed by atoms with van der Waals surface area (Å²) in [4.78, 5) is 7.65. The largest absolute Gasteiger partial charge is 0.496 e. The molecule has 176 valence electrons. The first-order chi connectivity index (χ1) is 15.7. The lowest BCUT2D eigenvalue weighted by Crippen LogP contribution is -2.17. The van der Waals surface area contributed by atoms with Gasteiger partial charge in [-0.2, -0.15) is 13.2 Å². The molecule has 1 heterocycles. The maximum atomic E-state index is 12.9. The quantitative estimate of drug-likeness (QED) is 0.481. The molecule has 1 aromatic heterocycles. The van der Waals surface area contributed by atoms with Gasteiger partial charge in [0.25, 0.3) is 10.0 Å². The van der Waals surface area contributed by atoms with E-state index in [9.17, 15) is 21.6 Å². The average Bonchev–Trinajstić information content (AvgIpc) is 2.79. The van der Waals surface area contributed by atoms with Gasteiger partial charge in [-0.05, 0) is 35.9 Å².